The predicted octanol–water partition coefficient (Wildman–Crippen LogP) is 3.91. The van der Waals surface area contributed by atoms with Gasteiger partial charge in [-0.15, -0.1) is 0 Å². The molecule has 4 amide bonds. The van der Waals surface area contributed by atoms with E-state index in [-0.39, 0.29) is 47.6 Å². The molecule has 2 aliphatic rings. The number of nitrogens with zero attached hydrogens (tertiary/aromatic N) is 5. The molecular weight excluding hydrogens is 690 g/mol. The number of aromatic amines is 2. The number of carbonyl (C=O) groups excluding carboxylic acids is 4. The van der Waals surface area contributed by atoms with Gasteiger partial charge in [0.25, 0.3) is 0 Å². The molecular formula is C39H49N9O6. The van der Waals surface area contributed by atoms with Crippen LogP contribution < -0.4 is 10.6 Å². The van der Waals surface area contributed by atoms with E-state index in [1.54, 1.807) is 34.5 Å². The fraction of sp³-hybridized carbons (Fsp3) is 0.513. The summed E-state index contributed by atoms with van der Waals surface area (Å²) in [7, 11) is 2.55. The van der Waals surface area contributed by atoms with Gasteiger partial charge < -0.3 is 39.9 Å². The summed E-state index contributed by atoms with van der Waals surface area (Å²) in [5, 5.41) is 5.35. The third kappa shape index (κ3) is 9.39. The van der Waals surface area contributed by atoms with Crippen molar-refractivity contribution >= 4 is 24.0 Å². The monoisotopic (exact) mass is 739 g/mol. The molecule has 0 bridgehead atoms. The van der Waals surface area contributed by atoms with Gasteiger partial charge in [0.15, 0.2) is 0 Å². The van der Waals surface area contributed by atoms with Crippen LogP contribution in [0.4, 0.5) is 9.59 Å². The van der Waals surface area contributed by atoms with Crippen molar-refractivity contribution in [1.82, 2.24) is 45.4 Å². The van der Waals surface area contributed by atoms with E-state index in [0.717, 1.165) is 12.8 Å². The van der Waals surface area contributed by atoms with E-state index in [2.05, 4.69) is 73.1 Å². The number of H-pyrrole nitrogens is 2. The van der Waals surface area contributed by atoms with E-state index in [9.17, 15) is 19.2 Å². The molecule has 0 aliphatic carbocycles. The van der Waals surface area contributed by atoms with Gasteiger partial charge in [-0.2, -0.15) is 0 Å². The molecule has 5 heterocycles. The average molecular weight is 740 g/mol. The zero-order valence-corrected chi connectivity index (χ0v) is 32.0. The first kappa shape index (κ1) is 39.4. The Bertz CT molecular complexity index is 1810. The Labute approximate surface area is 315 Å². The first-order valence-corrected chi connectivity index (χ1v) is 18.2. The van der Waals surface area contributed by atoms with Crippen LogP contribution in [0.3, 0.4) is 0 Å². The second kappa shape index (κ2) is 17.3. The van der Waals surface area contributed by atoms with Gasteiger partial charge in [0, 0.05) is 24.8 Å². The van der Waals surface area contributed by atoms with Crippen LogP contribution in [0.2, 0.25) is 0 Å². The molecule has 286 valence electrons. The van der Waals surface area contributed by atoms with Crippen molar-refractivity contribution in [2.75, 3.05) is 27.3 Å². The minimum Gasteiger partial charge on any atom is -0.453 e. The van der Waals surface area contributed by atoms with Crippen molar-refractivity contribution in [3.8, 4) is 23.7 Å². The maximum Gasteiger partial charge on any atom is 0.407 e. The minimum atomic E-state index is -0.721. The lowest BCUT2D eigenvalue weighted by molar-refractivity contribution is -0.136. The fourth-order valence-electron chi connectivity index (χ4n) is 6.81. The van der Waals surface area contributed by atoms with Crippen molar-refractivity contribution < 1.29 is 28.7 Å². The van der Waals surface area contributed by atoms with Crippen LogP contribution in [-0.4, -0.2) is 98.1 Å². The fourth-order valence-corrected chi connectivity index (χ4v) is 6.81. The number of methoxy groups -OCH3 is 2. The SMILES string of the molecule is COC(=O)N[C@H](C(=O)N1C[C@@H](C)C[C@H]1c1ncc(C#Cc2ccc(C#Cc3cnc([C@@H]4C[C@H](C)CN4C(=O)[C@@H](NC(=O)OC)C(C)C)[nH]3)nc2)[nH]1)C(C)C. The standard InChI is InChI=1S/C39H49N9O6/c1-22(2)32(45-38(51)53-7)36(49)47-20-24(5)15-30(47)34-41-18-28(43-34)12-10-26-9-11-27(40-17-26)13-14-29-19-42-35(44-29)31-16-25(6)21-48(31)37(50)33(23(3)4)46-39(52)54-8/h9,11,17-19,22-25,30-33H,15-16,20-21H2,1-8H3,(H,41,43)(H,42,44)(H,45,51)(H,46,52)/t24-,25-,30-,31-,32-,33-/m0/s1. The highest BCUT2D eigenvalue weighted by atomic mass is 16.5. The zero-order valence-electron chi connectivity index (χ0n) is 32.0. The summed E-state index contributed by atoms with van der Waals surface area (Å²) < 4.78 is 9.48. The van der Waals surface area contributed by atoms with Gasteiger partial charge >= 0.3 is 12.2 Å². The van der Waals surface area contributed by atoms with Gasteiger partial charge in [-0.05, 0) is 66.4 Å². The van der Waals surface area contributed by atoms with Crippen LogP contribution in [0.25, 0.3) is 0 Å². The molecule has 0 unspecified atom stereocenters. The van der Waals surface area contributed by atoms with Crippen molar-refractivity contribution in [3.63, 3.8) is 0 Å². The number of carbonyl (C=O) groups is 4. The third-order valence-corrected chi connectivity index (χ3v) is 9.62. The van der Waals surface area contributed by atoms with Gasteiger partial charge in [0.2, 0.25) is 11.8 Å². The summed E-state index contributed by atoms with van der Waals surface area (Å²) in [5.41, 5.74) is 2.41. The number of aromatic nitrogens is 5. The Morgan fingerprint density at radius 2 is 1.17 bits per heavy atom. The highest BCUT2D eigenvalue weighted by Crippen LogP contribution is 2.36. The maximum atomic E-state index is 13.6. The number of hydrogen-bond donors (Lipinski definition) is 4. The van der Waals surface area contributed by atoms with E-state index in [4.69, 9.17) is 9.47 Å². The van der Waals surface area contributed by atoms with E-state index in [0.29, 0.717) is 47.4 Å². The Morgan fingerprint density at radius 3 is 1.57 bits per heavy atom. The van der Waals surface area contributed by atoms with E-state index < -0.39 is 24.3 Å². The number of imidazole rings is 2. The summed E-state index contributed by atoms with van der Waals surface area (Å²) >= 11 is 0. The molecule has 15 heteroatoms. The average Bonchev–Trinajstić information content (AvgIpc) is 3.97. The van der Waals surface area contributed by atoms with E-state index in [1.807, 2.05) is 33.8 Å². The normalized spacial score (nSPS) is 20.4. The summed E-state index contributed by atoms with van der Waals surface area (Å²) in [6.45, 7) is 12.8. The second-order valence-corrected chi connectivity index (χ2v) is 14.7. The molecule has 5 rings (SSSR count). The van der Waals surface area contributed by atoms with E-state index in [1.165, 1.54) is 14.2 Å². The number of nitrogens with one attached hydrogen (secondary N) is 4. The predicted molar refractivity (Wildman–Crippen MR) is 198 cm³/mol. The first-order chi connectivity index (χ1) is 25.8. The molecule has 0 radical (unpaired) electrons. The van der Waals surface area contributed by atoms with Crippen LogP contribution in [-0.2, 0) is 19.1 Å². The number of ether oxygens (including phenoxy) is 2. The molecule has 2 saturated heterocycles. The number of rotatable bonds is 8. The molecule has 4 N–H and O–H groups in total. The Kier molecular flexibility index (Phi) is 12.6. The summed E-state index contributed by atoms with van der Waals surface area (Å²) in [6.07, 6.45) is 5.10. The number of amides is 4. The number of likely N-dealkylation sites (tertiary alicyclic amines) is 2. The van der Waals surface area contributed by atoms with Gasteiger partial charge in [-0.3, -0.25) is 9.59 Å². The van der Waals surface area contributed by atoms with Crippen LogP contribution in [0.15, 0.2) is 30.7 Å². The Hall–Kier alpha value is -5.83. The van der Waals surface area contributed by atoms with E-state index >= 15 is 0 Å². The maximum absolute atomic E-state index is 13.6. The van der Waals surface area contributed by atoms with Gasteiger partial charge in [0.05, 0.1) is 38.7 Å². The van der Waals surface area contributed by atoms with Crippen LogP contribution in [0.1, 0.15) is 101 Å². The molecule has 2 aliphatic heterocycles. The van der Waals surface area contributed by atoms with Gasteiger partial charge in [0.1, 0.15) is 40.8 Å². The second-order valence-electron chi connectivity index (χ2n) is 14.7. The zero-order chi connectivity index (χ0) is 39.1. The molecule has 3 aromatic rings. The molecule has 3 aromatic heterocycles. The quantitative estimate of drug-likeness (QED) is 0.249. The number of hydrogen-bond acceptors (Lipinski definition) is 9. The van der Waals surface area contributed by atoms with Crippen LogP contribution in [0.5, 0.6) is 0 Å². The van der Waals surface area contributed by atoms with Crippen molar-refractivity contribution in [1.29, 1.82) is 0 Å². The first-order valence-electron chi connectivity index (χ1n) is 18.2. The van der Waals surface area contributed by atoms with Crippen molar-refractivity contribution in [2.45, 2.75) is 78.6 Å². The molecule has 0 saturated carbocycles. The molecule has 6 atom stereocenters. The Morgan fingerprint density at radius 1 is 0.704 bits per heavy atom. The molecule has 0 spiro atoms. The molecule has 54 heavy (non-hydrogen) atoms. The largest absolute Gasteiger partial charge is 0.453 e. The lowest BCUT2D eigenvalue weighted by atomic mass is 10.0. The summed E-state index contributed by atoms with van der Waals surface area (Å²) in [6, 6.07) is 1.62. The minimum absolute atomic E-state index is 0.131. The van der Waals surface area contributed by atoms with Crippen molar-refractivity contribution in [2.24, 2.45) is 23.7 Å². The number of alkyl carbamates (subject to hydrolysis) is 2. The Balaban J connectivity index is 1.23. The third-order valence-electron chi connectivity index (χ3n) is 9.62. The highest BCUT2D eigenvalue weighted by Gasteiger charge is 2.41. The topological polar surface area (TPSA) is 188 Å². The lowest BCUT2D eigenvalue weighted by Gasteiger charge is -2.30. The van der Waals surface area contributed by atoms with Gasteiger partial charge in [-0.25, -0.2) is 24.5 Å². The van der Waals surface area contributed by atoms with Crippen LogP contribution >= 0.6 is 0 Å². The molecule has 0 aromatic carbocycles. The highest BCUT2D eigenvalue weighted by molar-refractivity contribution is 5.87. The van der Waals surface area contributed by atoms with Gasteiger partial charge in [-0.1, -0.05) is 47.5 Å². The lowest BCUT2D eigenvalue weighted by Crippen LogP contribution is -2.51. The molecule has 15 nitrogen and oxygen atoms in total. The summed E-state index contributed by atoms with van der Waals surface area (Å²) in [5.74, 6) is 13.5. The molecule has 2 fully saturated rings. The van der Waals surface area contributed by atoms with Crippen LogP contribution in [0, 0.1) is 47.4 Å². The van der Waals surface area contributed by atoms with Crippen molar-refractivity contribution in [3.05, 3.63) is 65.0 Å². The number of pyridine rings is 1. The smallest absolute Gasteiger partial charge is 0.407 e. The summed E-state index contributed by atoms with van der Waals surface area (Å²) in [4.78, 5) is 74.6.